The van der Waals surface area contributed by atoms with E-state index in [1.54, 1.807) is 6.20 Å². The number of hydrogen-bond donors (Lipinski definition) is 0. The van der Waals surface area contributed by atoms with Crippen LogP contribution in [-0.2, 0) is 5.41 Å². The topological polar surface area (TPSA) is 70.0 Å². The van der Waals surface area contributed by atoms with E-state index in [1.807, 2.05) is 72.8 Å². The van der Waals surface area contributed by atoms with E-state index >= 15 is 0 Å². The van der Waals surface area contributed by atoms with Gasteiger partial charge in [0, 0.05) is 17.3 Å². The minimum Gasteiger partial charge on any atom is -0.449 e. The molecule has 3 heterocycles. The van der Waals surface area contributed by atoms with Crippen LogP contribution in [-0.4, -0.2) is 19.9 Å². The van der Waals surface area contributed by atoms with E-state index in [9.17, 15) is 0 Å². The van der Waals surface area contributed by atoms with Gasteiger partial charge in [-0.2, -0.15) is 0 Å². The quantitative estimate of drug-likeness (QED) is 0.169. The fraction of sp³-hybridized carbons (Fsp3) is 0.0196. The molecule has 2 aromatic heterocycles. The normalized spacial score (nSPS) is 13.0. The number of rotatable bonds is 6. The van der Waals surface area contributed by atoms with Gasteiger partial charge >= 0.3 is 0 Å². The van der Waals surface area contributed by atoms with E-state index in [0.717, 1.165) is 33.4 Å². The van der Waals surface area contributed by atoms with Crippen molar-refractivity contribution >= 4 is 0 Å². The Morgan fingerprint density at radius 1 is 0.351 bits per heavy atom. The minimum absolute atomic E-state index is 0.515. The van der Waals surface area contributed by atoms with Crippen LogP contribution in [0.2, 0.25) is 0 Å². The first kappa shape index (κ1) is 32.7. The Bertz CT molecular complexity index is 2860. The van der Waals surface area contributed by atoms with E-state index in [1.165, 1.54) is 22.3 Å². The highest BCUT2D eigenvalue weighted by Crippen LogP contribution is 2.59. The van der Waals surface area contributed by atoms with Gasteiger partial charge < -0.3 is 9.47 Å². The van der Waals surface area contributed by atoms with Gasteiger partial charge in [0.2, 0.25) is 0 Å². The van der Waals surface area contributed by atoms with E-state index in [-0.39, 0.29) is 0 Å². The van der Waals surface area contributed by atoms with Crippen molar-refractivity contribution in [2.75, 3.05) is 0 Å². The third kappa shape index (κ3) is 5.41. The lowest BCUT2D eigenvalue weighted by atomic mass is 9.67. The second-order valence-electron chi connectivity index (χ2n) is 14.2. The van der Waals surface area contributed by atoms with Crippen LogP contribution in [0.1, 0.15) is 22.3 Å². The predicted molar refractivity (Wildman–Crippen MR) is 223 cm³/mol. The van der Waals surface area contributed by atoms with Gasteiger partial charge in [-0.25, -0.2) is 15.0 Å². The highest BCUT2D eigenvalue weighted by atomic mass is 16.6. The first-order valence-corrected chi connectivity index (χ1v) is 19.0. The number of nitrogens with zero attached hydrogens (tertiary/aromatic N) is 4. The number of benzene rings is 7. The molecule has 6 heteroatoms. The molecular weight excluding hydrogens is 701 g/mol. The van der Waals surface area contributed by atoms with Crippen molar-refractivity contribution in [3.63, 3.8) is 0 Å². The van der Waals surface area contributed by atoms with Gasteiger partial charge in [-0.05, 0) is 87.0 Å². The zero-order valence-corrected chi connectivity index (χ0v) is 30.6. The van der Waals surface area contributed by atoms with Crippen LogP contribution in [0.3, 0.4) is 0 Å². The van der Waals surface area contributed by atoms with Crippen molar-refractivity contribution in [2.24, 2.45) is 0 Å². The van der Waals surface area contributed by atoms with Crippen molar-refractivity contribution in [1.82, 2.24) is 19.9 Å². The van der Waals surface area contributed by atoms with E-state index in [4.69, 9.17) is 24.4 Å². The van der Waals surface area contributed by atoms with Crippen LogP contribution in [0.15, 0.2) is 194 Å². The first-order valence-electron chi connectivity index (χ1n) is 19.0. The van der Waals surface area contributed by atoms with Gasteiger partial charge in [0.1, 0.15) is 5.69 Å². The second-order valence-corrected chi connectivity index (χ2v) is 14.2. The van der Waals surface area contributed by atoms with Crippen LogP contribution in [0.5, 0.6) is 23.0 Å². The van der Waals surface area contributed by atoms with Crippen molar-refractivity contribution < 1.29 is 9.47 Å². The Hall–Kier alpha value is -7.70. The molecule has 0 saturated carbocycles. The first-order chi connectivity index (χ1) is 28.2. The molecule has 268 valence electrons. The van der Waals surface area contributed by atoms with Crippen molar-refractivity contribution in [3.8, 4) is 79.5 Å². The Balaban J connectivity index is 0.992. The summed E-state index contributed by atoms with van der Waals surface area (Å²) in [5.41, 5.74) is 11.0. The smallest absolute Gasteiger partial charge is 0.182 e. The summed E-state index contributed by atoms with van der Waals surface area (Å²) in [4.78, 5) is 19.2. The van der Waals surface area contributed by atoms with Crippen molar-refractivity contribution in [3.05, 3.63) is 217 Å². The number of pyridine rings is 1. The molecule has 6 nitrogen and oxygen atoms in total. The largest absolute Gasteiger partial charge is 0.449 e. The van der Waals surface area contributed by atoms with Crippen LogP contribution in [0.4, 0.5) is 0 Å². The lowest BCUT2D eigenvalue weighted by Gasteiger charge is -2.34. The molecule has 0 atom stereocenters. The third-order valence-corrected chi connectivity index (χ3v) is 10.9. The van der Waals surface area contributed by atoms with Gasteiger partial charge in [-0.1, -0.05) is 146 Å². The lowest BCUT2D eigenvalue weighted by molar-refractivity contribution is 0.359. The molecule has 0 amide bonds. The molecule has 1 aliphatic carbocycles. The highest BCUT2D eigenvalue weighted by Gasteiger charge is 2.47. The minimum atomic E-state index is -0.540. The Morgan fingerprint density at radius 2 is 0.930 bits per heavy atom. The standard InChI is InChI=1S/C51H32N4O2/c1-4-15-33(16-5-1)48-53-49(55-50(54-48)43-25-12-13-28-52-43)36-18-14-17-34(29-36)35-26-27-44-45(30-35)57-47-32-42-40(31-46(47)56-44)39-23-10-11-24-41(39)51(42,37-19-6-2-7-20-37)38-21-8-3-9-22-38/h1-32H. The molecule has 0 spiro atoms. The molecule has 0 bridgehead atoms. The van der Waals surface area contributed by atoms with E-state index < -0.39 is 5.41 Å². The number of ether oxygens (including phenoxy) is 2. The molecule has 1 aliphatic heterocycles. The number of aromatic nitrogens is 4. The summed E-state index contributed by atoms with van der Waals surface area (Å²) in [7, 11) is 0. The zero-order valence-electron chi connectivity index (χ0n) is 30.6. The number of hydrogen-bond acceptors (Lipinski definition) is 6. The van der Waals surface area contributed by atoms with E-state index in [2.05, 4.69) is 120 Å². The van der Waals surface area contributed by atoms with Crippen molar-refractivity contribution in [1.29, 1.82) is 0 Å². The molecule has 0 saturated heterocycles. The highest BCUT2D eigenvalue weighted by molar-refractivity contribution is 5.88. The van der Waals surface area contributed by atoms with E-state index in [0.29, 0.717) is 46.2 Å². The molecule has 11 rings (SSSR count). The Kier molecular flexibility index (Phi) is 7.60. The summed E-state index contributed by atoms with van der Waals surface area (Å²) >= 11 is 0. The molecule has 9 aromatic rings. The second kappa shape index (κ2) is 13.3. The molecular formula is C51H32N4O2. The van der Waals surface area contributed by atoms with Gasteiger partial charge in [-0.15, -0.1) is 0 Å². The van der Waals surface area contributed by atoms with Gasteiger partial charge in [-0.3, -0.25) is 4.98 Å². The average molecular weight is 733 g/mol. The lowest BCUT2D eigenvalue weighted by Crippen LogP contribution is -2.28. The molecule has 0 unspecified atom stereocenters. The van der Waals surface area contributed by atoms with Crippen LogP contribution in [0.25, 0.3) is 56.5 Å². The zero-order chi connectivity index (χ0) is 37.8. The van der Waals surface area contributed by atoms with Gasteiger partial charge in [0.05, 0.1) is 5.41 Å². The summed E-state index contributed by atoms with van der Waals surface area (Å²) in [6, 6.07) is 64.6. The molecule has 0 N–H and O–H groups in total. The summed E-state index contributed by atoms with van der Waals surface area (Å²) in [5.74, 6) is 4.34. The summed E-state index contributed by atoms with van der Waals surface area (Å²) in [5, 5.41) is 0. The van der Waals surface area contributed by atoms with Crippen LogP contribution < -0.4 is 9.47 Å². The predicted octanol–water partition coefficient (Wildman–Crippen LogP) is 12.2. The Morgan fingerprint density at radius 3 is 1.68 bits per heavy atom. The molecule has 2 aliphatic rings. The molecule has 57 heavy (non-hydrogen) atoms. The van der Waals surface area contributed by atoms with Crippen LogP contribution in [0, 0.1) is 0 Å². The third-order valence-electron chi connectivity index (χ3n) is 10.9. The monoisotopic (exact) mass is 732 g/mol. The number of fused-ring (bicyclic) bond motifs is 5. The molecule has 0 fully saturated rings. The SMILES string of the molecule is c1ccc(-c2nc(-c3cccc(-c4ccc5c(c4)Oc4cc6c(cc4O5)-c4ccccc4C6(c4ccccc4)c4ccccc4)c3)nc(-c3ccccn3)n2)cc1. The molecule has 0 radical (unpaired) electrons. The Labute approximate surface area is 329 Å². The maximum atomic E-state index is 6.81. The fourth-order valence-electron chi connectivity index (χ4n) is 8.37. The summed E-state index contributed by atoms with van der Waals surface area (Å²) in [6.07, 6.45) is 1.75. The summed E-state index contributed by atoms with van der Waals surface area (Å²) in [6.45, 7) is 0. The van der Waals surface area contributed by atoms with Crippen LogP contribution >= 0.6 is 0 Å². The summed E-state index contributed by atoms with van der Waals surface area (Å²) < 4.78 is 13.4. The average Bonchev–Trinajstić information content (AvgIpc) is 3.58. The molecule has 7 aromatic carbocycles. The maximum Gasteiger partial charge on any atom is 0.182 e. The van der Waals surface area contributed by atoms with Gasteiger partial charge in [0.25, 0.3) is 0 Å². The maximum absolute atomic E-state index is 6.81. The fourth-order valence-corrected chi connectivity index (χ4v) is 8.37. The van der Waals surface area contributed by atoms with Gasteiger partial charge in [0.15, 0.2) is 40.5 Å². The van der Waals surface area contributed by atoms with Crippen molar-refractivity contribution in [2.45, 2.75) is 5.41 Å².